The van der Waals surface area contributed by atoms with Crippen molar-refractivity contribution in [3.63, 3.8) is 0 Å². The summed E-state index contributed by atoms with van der Waals surface area (Å²) in [5, 5.41) is 0. The molecular weight excluding hydrogens is 176 g/mol. The van der Waals surface area contributed by atoms with Gasteiger partial charge in [-0.3, -0.25) is 0 Å². The Kier molecular flexibility index (Phi) is 3.77. The third kappa shape index (κ3) is 2.92. The molecule has 0 aliphatic carbocycles. The Bertz CT molecular complexity index is 269. The highest BCUT2D eigenvalue weighted by Gasteiger charge is 2.02. The molecule has 1 atom stereocenters. The van der Waals surface area contributed by atoms with Crippen LogP contribution in [0.3, 0.4) is 0 Å². The molecule has 0 fully saturated rings. The van der Waals surface area contributed by atoms with Crippen molar-refractivity contribution in [1.82, 2.24) is 0 Å². The second-order valence-electron chi connectivity index (χ2n) is 3.56. The van der Waals surface area contributed by atoms with E-state index in [1.165, 1.54) is 0 Å². The second-order valence-corrected chi connectivity index (χ2v) is 3.56. The van der Waals surface area contributed by atoms with Crippen LogP contribution in [0, 0.1) is 0 Å². The van der Waals surface area contributed by atoms with Crippen molar-refractivity contribution < 1.29 is 4.74 Å². The number of methoxy groups -OCH3 is 1. The third-order valence-corrected chi connectivity index (χ3v) is 2.08. The largest absolute Gasteiger partial charge is 0.497 e. The summed E-state index contributed by atoms with van der Waals surface area (Å²) in [4.78, 5) is 2.13. The van der Waals surface area contributed by atoms with Gasteiger partial charge in [0.05, 0.1) is 7.11 Å². The number of rotatable bonds is 4. The number of hydrogen-bond donors (Lipinski definition) is 1. The van der Waals surface area contributed by atoms with Crippen LogP contribution in [-0.4, -0.2) is 26.7 Å². The summed E-state index contributed by atoms with van der Waals surface area (Å²) in [5.41, 5.74) is 6.88. The van der Waals surface area contributed by atoms with Gasteiger partial charge in [0.1, 0.15) is 5.75 Å². The predicted octanol–water partition coefficient (Wildman–Crippen LogP) is 1.48. The van der Waals surface area contributed by atoms with Gasteiger partial charge in [-0.15, -0.1) is 0 Å². The van der Waals surface area contributed by atoms with Crippen molar-refractivity contribution in [2.24, 2.45) is 5.73 Å². The van der Waals surface area contributed by atoms with Crippen LogP contribution in [0.15, 0.2) is 24.3 Å². The van der Waals surface area contributed by atoms with Crippen molar-refractivity contribution in [3.05, 3.63) is 24.3 Å². The molecule has 1 aromatic carbocycles. The number of nitrogens with zero attached hydrogens (tertiary/aromatic N) is 1. The maximum absolute atomic E-state index is 5.72. The van der Waals surface area contributed by atoms with Gasteiger partial charge in [0, 0.05) is 25.3 Å². The van der Waals surface area contributed by atoms with E-state index in [2.05, 4.69) is 4.90 Å². The summed E-state index contributed by atoms with van der Waals surface area (Å²) in [6.07, 6.45) is 0. The molecule has 0 heterocycles. The zero-order valence-corrected chi connectivity index (χ0v) is 9.03. The van der Waals surface area contributed by atoms with Gasteiger partial charge in [-0.2, -0.15) is 0 Å². The summed E-state index contributed by atoms with van der Waals surface area (Å²) in [6.45, 7) is 2.85. The topological polar surface area (TPSA) is 38.5 Å². The average molecular weight is 194 g/mol. The molecular formula is C11H18N2O. The van der Waals surface area contributed by atoms with Crippen LogP contribution in [0.5, 0.6) is 5.75 Å². The zero-order chi connectivity index (χ0) is 10.6. The van der Waals surface area contributed by atoms with Gasteiger partial charge in [-0.1, -0.05) is 0 Å². The van der Waals surface area contributed by atoms with E-state index in [4.69, 9.17) is 10.5 Å². The van der Waals surface area contributed by atoms with Crippen molar-refractivity contribution in [3.8, 4) is 5.75 Å². The van der Waals surface area contributed by atoms with Crippen molar-refractivity contribution in [2.45, 2.75) is 13.0 Å². The molecule has 1 rings (SSSR count). The average Bonchev–Trinajstić information content (AvgIpc) is 2.17. The molecule has 0 amide bonds. The fraction of sp³-hybridized carbons (Fsp3) is 0.455. The standard InChI is InChI=1S/C11H18N2O/c1-9(12)8-13(2)10-4-6-11(14-3)7-5-10/h4-7,9H,8,12H2,1-3H3. The molecule has 0 bridgehead atoms. The minimum atomic E-state index is 0.183. The Morgan fingerprint density at radius 3 is 2.36 bits per heavy atom. The first kappa shape index (κ1) is 10.9. The summed E-state index contributed by atoms with van der Waals surface area (Å²) >= 11 is 0. The molecule has 3 heteroatoms. The first-order chi connectivity index (χ1) is 6.63. The summed E-state index contributed by atoms with van der Waals surface area (Å²) in [7, 11) is 3.70. The second kappa shape index (κ2) is 4.86. The lowest BCUT2D eigenvalue weighted by Gasteiger charge is -2.21. The molecule has 0 saturated carbocycles. The van der Waals surface area contributed by atoms with Crippen molar-refractivity contribution in [1.29, 1.82) is 0 Å². The molecule has 78 valence electrons. The summed E-state index contributed by atoms with van der Waals surface area (Å²) in [6, 6.07) is 8.14. The molecule has 0 aliphatic heterocycles. The fourth-order valence-corrected chi connectivity index (χ4v) is 1.37. The quantitative estimate of drug-likeness (QED) is 0.789. The first-order valence-electron chi connectivity index (χ1n) is 4.74. The van der Waals surface area contributed by atoms with E-state index in [0.717, 1.165) is 18.0 Å². The lowest BCUT2D eigenvalue weighted by molar-refractivity contribution is 0.415. The first-order valence-corrected chi connectivity index (χ1v) is 4.74. The Labute approximate surface area is 85.5 Å². The van der Waals surface area contributed by atoms with Gasteiger partial charge in [-0.05, 0) is 31.2 Å². The van der Waals surface area contributed by atoms with Crippen molar-refractivity contribution in [2.75, 3.05) is 25.6 Å². The number of anilines is 1. The molecule has 1 aromatic rings. The normalized spacial score (nSPS) is 12.3. The summed E-state index contributed by atoms with van der Waals surface area (Å²) < 4.78 is 5.09. The Balaban J connectivity index is 2.66. The maximum Gasteiger partial charge on any atom is 0.119 e. The predicted molar refractivity (Wildman–Crippen MR) is 59.9 cm³/mol. The Morgan fingerprint density at radius 2 is 1.93 bits per heavy atom. The van der Waals surface area contributed by atoms with Crippen LogP contribution >= 0.6 is 0 Å². The molecule has 14 heavy (non-hydrogen) atoms. The monoisotopic (exact) mass is 194 g/mol. The lowest BCUT2D eigenvalue weighted by atomic mass is 10.2. The van der Waals surface area contributed by atoms with Gasteiger partial charge in [0.15, 0.2) is 0 Å². The molecule has 0 spiro atoms. The van der Waals surface area contributed by atoms with Gasteiger partial charge in [0.2, 0.25) is 0 Å². The van der Waals surface area contributed by atoms with Crippen LogP contribution in [-0.2, 0) is 0 Å². The van der Waals surface area contributed by atoms with E-state index in [1.807, 2.05) is 38.2 Å². The number of benzene rings is 1. The van der Waals surface area contributed by atoms with E-state index in [0.29, 0.717) is 0 Å². The molecule has 0 saturated heterocycles. The van der Waals surface area contributed by atoms with Crippen LogP contribution in [0.25, 0.3) is 0 Å². The number of likely N-dealkylation sites (N-methyl/N-ethyl adjacent to an activating group) is 1. The lowest BCUT2D eigenvalue weighted by Crippen LogP contribution is -2.32. The van der Waals surface area contributed by atoms with E-state index >= 15 is 0 Å². The van der Waals surface area contributed by atoms with E-state index in [-0.39, 0.29) is 6.04 Å². The minimum absolute atomic E-state index is 0.183. The molecule has 1 unspecified atom stereocenters. The highest BCUT2D eigenvalue weighted by molar-refractivity contribution is 5.48. The summed E-state index contributed by atoms with van der Waals surface area (Å²) in [5.74, 6) is 0.878. The highest BCUT2D eigenvalue weighted by atomic mass is 16.5. The molecule has 3 nitrogen and oxygen atoms in total. The molecule has 0 radical (unpaired) electrons. The van der Waals surface area contributed by atoms with Gasteiger partial charge in [0.25, 0.3) is 0 Å². The van der Waals surface area contributed by atoms with E-state index in [9.17, 15) is 0 Å². The van der Waals surface area contributed by atoms with Gasteiger partial charge in [-0.25, -0.2) is 0 Å². The fourth-order valence-electron chi connectivity index (χ4n) is 1.37. The van der Waals surface area contributed by atoms with Gasteiger partial charge < -0.3 is 15.4 Å². The minimum Gasteiger partial charge on any atom is -0.497 e. The van der Waals surface area contributed by atoms with Crippen LogP contribution in [0.2, 0.25) is 0 Å². The van der Waals surface area contributed by atoms with E-state index in [1.54, 1.807) is 7.11 Å². The SMILES string of the molecule is COc1ccc(N(C)CC(C)N)cc1. The van der Waals surface area contributed by atoms with Crippen LogP contribution in [0.4, 0.5) is 5.69 Å². The molecule has 2 N–H and O–H groups in total. The number of nitrogens with two attached hydrogens (primary N) is 1. The number of hydrogen-bond acceptors (Lipinski definition) is 3. The van der Waals surface area contributed by atoms with Crippen molar-refractivity contribution >= 4 is 5.69 Å². The molecule has 0 aliphatic rings. The Hall–Kier alpha value is -1.22. The zero-order valence-electron chi connectivity index (χ0n) is 9.03. The Morgan fingerprint density at radius 1 is 1.36 bits per heavy atom. The molecule has 0 aromatic heterocycles. The van der Waals surface area contributed by atoms with Crippen LogP contribution in [0.1, 0.15) is 6.92 Å². The highest BCUT2D eigenvalue weighted by Crippen LogP contribution is 2.17. The van der Waals surface area contributed by atoms with E-state index < -0.39 is 0 Å². The number of ether oxygens (including phenoxy) is 1. The smallest absolute Gasteiger partial charge is 0.119 e. The third-order valence-electron chi connectivity index (χ3n) is 2.08. The maximum atomic E-state index is 5.72. The van der Waals surface area contributed by atoms with Gasteiger partial charge >= 0.3 is 0 Å². The van der Waals surface area contributed by atoms with Crippen LogP contribution < -0.4 is 15.4 Å².